The third kappa shape index (κ3) is 6.37. The molecule has 0 amide bonds. The third-order valence-corrected chi connectivity index (χ3v) is 11.0. The number of hydrogen-bond acceptors (Lipinski definition) is 4. The van der Waals surface area contributed by atoms with Gasteiger partial charge in [0.1, 0.15) is 24.0 Å². The second-order valence-electron chi connectivity index (χ2n) is 17.1. The van der Waals surface area contributed by atoms with Crippen molar-refractivity contribution in [3.05, 3.63) is 168 Å². The molecule has 0 radical (unpaired) electrons. The van der Waals surface area contributed by atoms with Crippen molar-refractivity contribution in [1.82, 2.24) is 9.55 Å². The van der Waals surface area contributed by atoms with Gasteiger partial charge in [0.15, 0.2) is 0 Å². The smallest absolute Gasteiger partial charge is 0.137 e. The predicted octanol–water partition coefficient (Wildman–Crippen LogP) is 13.8. The number of rotatable bonds is 6. The number of hydrogen-bond donors (Lipinski definition) is 0. The molecule has 0 saturated carbocycles. The lowest BCUT2D eigenvalue weighted by Gasteiger charge is -2.26. The van der Waals surface area contributed by atoms with Crippen LogP contribution in [0.5, 0.6) is 11.5 Å². The van der Waals surface area contributed by atoms with Gasteiger partial charge in [-0.25, -0.2) is 4.98 Å². The third-order valence-electron chi connectivity index (χ3n) is 11.0. The average molecular weight is 733 g/mol. The van der Waals surface area contributed by atoms with E-state index >= 15 is 0 Å². The minimum absolute atomic E-state index is 0.000891. The summed E-state index contributed by atoms with van der Waals surface area (Å²) in [4.78, 5) is 9.76. The fourth-order valence-corrected chi connectivity index (χ4v) is 8.07. The molecule has 0 spiro atoms. The topological polar surface area (TPSA) is 33.5 Å². The Morgan fingerprint density at radius 1 is 0.554 bits per heavy atom. The summed E-state index contributed by atoms with van der Waals surface area (Å²) in [7, 11) is 0. The number of fused-ring (bicyclic) bond motifs is 4. The summed E-state index contributed by atoms with van der Waals surface area (Å²) in [5, 5.41) is 2.35. The first-order valence-corrected chi connectivity index (χ1v) is 19.6. The van der Waals surface area contributed by atoms with E-state index in [1.165, 1.54) is 55.7 Å². The van der Waals surface area contributed by atoms with Crippen molar-refractivity contribution in [2.75, 3.05) is 16.5 Å². The van der Waals surface area contributed by atoms with E-state index in [-0.39, 0.29) is 10.8 Å². The minimum Gasteiger partial charge on any atom is -0.457 e. The van der Waals surface area contributed by atoms with Gasteiger partial charge in [-0.3, -0.25) is 4.57 Å². The molecule has 56 heavy (non-hydrogen) atoms. The van der Waals surface area contributed by atoms with Crippen molar-refractivity contribution in [3.63, 3.8) is 0 Å². The molecule has 1 aliphatic heterocycles. The summed E-state index contributed by atoms with van der Waals surface area (Å²) >= 11 is 0. The monoisotopic (exact) mass is 732 g/mol. The molecule has 278 valence electrons. The zero-order chi connectivity index (χ0) is 38.8. The van der Waals surface area contributed by atoms with Gasteiger partial charge in [0, 0.05) is 46.0 Å². The lowest BCUT2D eigenvalue weighted by molar-refractivity contribution is 0.483. The second kappa shape index (κ2) is 13.5. The average Bonchev–Trinajstić information content (AvgIpc) is 3.73. The van der Waals surface area contributed by atoms with Crippen LogP contribution in [0.2, 0.25) is 0 Å². The van der Waals surface area contributed by atoms with E-state index in [1.54, 1.807) is 0 Å². The van der Waals surface area contributed by atoms with Gasteiger partial charge < -0.3 is 14.5 Å². The first-order chi connectivity index (χ1) is 26.9. The molecule has 0 saturated heterocycles. The molecule has 5 heteroatoms. The number of ether oxygens (including phenoxy) is 1. The van der Waals surface area contributed by atoms with Crippen molar-refractivity contribution in [3.8, 4) is 28.4 Å². The molecule has 8 aromatic rings. The zero-order valence-corrected chi connectivity index (χ0v) is 33.3. The van der Waals surface area contributed by atoms with Crippen molar-refractivity contribution < 1.29 is 4.74 Å². The molecular formula is C51H48N4O. The molecule has 1 aliphatic rings. The highest BCUT2D eigenvalue weighted by atomic mass is 16.5. The Balaban J connectivity index is 1.12. The molecule has 5 nitrogen and oxygen atoms in total. The van der Waals surface area contributed by atoms with E-state index in [4.69, 9.17) is 9.72 Å². The lowest BCUT2D eigenvalue weighted by atomic mass is 9.87. The SMILES string of the molecule is Cc1cc(-c2ccccc2)c2c(c1)N(c1cccc(Oc3ccc4c5ccccc5n(-c5cc(C(C)(C)C)ccn5)c4c3)c1)CN2c1cccc(C(C)(C)C)c1. The van der Waals surface area contributed by atoms with Crippen LogP contribution in [0.3, 0.4) is 0 Å². The summed E-state index contributed by atoms with van der Waals surface area (Å²) in [6.45, 7) is 16.4. The number of para-hydroxylation sites is 1. The normalized spacial score (nSPS) is 13.1. The van der Waals surface area contributed by atoms with Crippen LogP contribution in [-0.2, 0) is 10.8 Å². The highest BCUT2D eigenvalue weighted by Gasteiger charge is 2.32. The molecule has 6 aromatic carbocycles. The first kappa shape index (κ1) is 35.4. The standard InChI is InChI=1S/C51H48N4O/c1-34-27-44(35-15-9-8-10-16-35)49-47(28-34)53(33-54(49)38-18-13-17-36(29-38)50(2,3)4)39-19-14-20-40(31-39)56-41-23-24-43-42-21-11-12-22-45(42)55(46(43)32-41)48-30-37(25-26-52-48)51(5,6)7/h8-32H,33H2,1-7H3. The number of pyridine rings is 1. The number of anilines is 4. The highest BCUT2D eigenvalue weighted by Crippen LogP contribution is 2.51. The largest absolute Gasteiger partial charge is 0.457 e. The Labute approximate surface area is 330 Å². The summed E-state index contributed by atoms with van der Waals surface area (Å²) in [5.74, 6) is 2.46. The fourth-order valence-electron chi connectivity index (χ4n) is 8.07. The molecule has 0 aliphatic carbocycles. The summed E-state index contributed by atoms with van der Waals surface area (Å²) in [6, 6.07) is 52.2. The summed E-state index contributed by atoms with van der Waals surface area (Å²) in [5.41, 5.74) is 13.1. The molecule has 9 rings (SSSR count). The number of aryl methyl sites for hydroxylation is 1. The molecule has 0 N–H and O–H groups in total. The van der Waals surface area contributed by atoms with E-state index in [0.717, 1.165) is 34.0 Å². The Morgan fingerprint density at radius 2 is 1.23 bits per heavy atom. The summed E-state index contributed by atoms with van der Waals surface area (Å²) in [6.07, 6.45) is 1.92. The van der Waals surface area contributed by atoms with Gasteiger partial charge in [-0.1, -0.05) is 108 Å². The maximum absolute atomic E-state index is 6.75. The first-order valence-electron chi connectivity index (χ1n) is 19.6. The fraction of sp³-hybridized carbons (Fsp3) is 0.196. The van der Waals surface area contributed by atoms with Crippen molar-refractivity contribution in [2.45, 2.75) is 59.3 Å². The Bertz CT molecular complexity index is 2750. The number of aromatic nitrogens is 2. The molecule has 0 fully saturated rings. The molecule has 3 heterocycles. The predicted molar refractivity (Wildman–Crippen MR) is 235 cm³/mol. The Morgan fingerprint density at radius 3 is 2.02 bits per heavy atom. The molecule has 0 atom stereocenters. The van der Waals surface area contributed by atoms with Gasteiger partial charge in [-0.2, -0.15) is 0 Å². The van der Waals surface area contributed by atoms with Crippen LogP contribution in [0.1, 0.15) is 58.2 Å². The number of nitrogens with zero attached hydrogens (tertiary/aromatic N) is 4. The lowest BCUT2D eigenvalue weighted by Crippen LogP contribution is -2.24. The van der Waals surface area contributed by atoms with E-state index in [2.05, 4.69) is 202 Å². The zero-order valence-electron chi connectivity index (χ0n) is 33.3. The Kier molecular flexibility index (Phi) is 8.50. The summed E-state index contributed by atoms with van der Waals surface area (Å²) < 4.78 is 9.01. The molecule has 2 aromatic heterocycles. The van der Waals surface area contributed by atoms with Gasteiger partial charge in [0.05, 0.1) is 22.4 Å². The van der Waals surface area contributed by atoms with Crippen molar-refractivity contribution >= 4 is 44.6 Å². The van der Waals surface area contributed by atoms with E-state index in [1.807, 2.05) is 12.3 Å². The van der Waals surface area contributed by atoms with Crippen LogP contribution in [0.25, 0.3) is 38.8 Å². The van der Waals surface area contributed by atoms with Gasteiger partial charge in [-0.15, -0.1) is 0 Å². The Hall–Kier alpha value is -6.33. The van der Waals surface area contributed by atoms with Crippen LogP contribution >= 0.6 is 0 Å². The van der Waals surface area contributed by atoms with Gasteiger partial charge >= 0.3 is 0 Å². The van der Waals surface area contributed by atoms with Crippen LogP contribution in [0.15, 0.2) is 152 Å². The van der Waals surface area contributed by atoms with Crippen LogP contribution < -0.4 is 14.5 Å². The molecular weight excluding hydrogens is 685 g/mol. The quantitative estimate of drug-likeness (QED) is 0.170. The van der Waals surface area contributed by atoms with Gasteiger partial charge in [0.25, 0.3) is 0 Å². The maximum Gasteiger partial charge on any atom is 0.137 e. The van der Waals surface area contributed by atoms with E-state index < -0.39 is 0 Å². The van der Waals surface area contributed by atoms with E-state index in [9.17, 15) is 0 Å². The minimum atomic E-state index is 0.000891. The van der Waals surface area contributed by atoms with Crippen molar-refractivity contribution in [2.24, 2.45) is 0 Å². The van der Waals surface area contributed by atoms with Crippen LogP contribution in [-0.4, -0.2) is 16.2 Å². The van der Waals surface area contributed by atoms with E-state index in [0.29, 0.717) is 6.67 Å². The highest BCUT2D eigenvalue weighted by molar-refractivity contribution is 6.09. The number of benzene rings is 6. The molecule has 0 unspecified atom stereocenters. The van der Waals surface area contributed by atoms with Gasteiger partial charge in [-0.05, 0) is 107 Å². The van der Waals surface area contributed by atoms with Crippen LogP contribution in [0, 0.1) is 6.92 Å². The van der Waals surface area contributed by atoms with Gasteiger partial charge in [0.2, 0.25) is 0 Å². The maximum atomic E-state index is 6.75. The van der Waals surface area contributed by atoms with Crippen LogP contribution in [0.4, 0.5) is 22.7 Å². The second-order valence-corrected chi connectivity index (χ2v) is 17.1. The molecule has 0 bridgehead atoms. The van der Waals surface area contributed by atoms with Crippen molar-refractivity contribution in [1.29, 1.82) is 0 Å².